The normalized spacial score (nSPS) is 15.7. The molecule has 0 aliphatic heterocycles. The van der Waals surface area contributed by atoms with Crippen molar-refractivity contribution in [2.24, 2.45) is 23.5 Å². The Bertz CT molecular complexity index is 1180. The van der Waals surface area contributed by atoms with Crippen LogP contribution in [0.4, 0.5) is 0 Å². The second-order valence-electron chi connectivity index (χ2n) is 11.7. The summed E-state index contributed by atoms with van der Waals surface area (Å²) in [5, 5.41) is 5.18. The molecule has 1 aromatic carbocycles. The number of nitrogens with one attached hydrogen (secondary N) is 1. The molecule has 0 aliphatic rings. The largest absolute Gasteiger partial charge is 0.455 e. The molecule has 0 saturated carbocycles. The van der Waals surface area contributed by atoms with Crippen LogP contribution >= 0.6 is 11.3 Å². The number of amides is 2. The van der Waals surface area contributed by atoms with Gasteiger partial charge in [0.15, 0.2) is 6.10 Å². The summed E-state index contributed by atoms with van der Waals surface area (Å²) in [5.41, 5.74) is 7.52. The molecule has 0 bridgehead atoms. The molecular weight excluding hydrogens is 552 g/mol. The summed E-state index contributed by atoms with van der Waals surface area (Å²) >= 11 is 1.24. The van der Waals surface area contributed by atoms with Crippen LogP contribution in [-0.4, -0.2) is 58.6 Å². The lowest BCUT2D eigenvalue weighted by atomic mass is 9.93. The lowest BCUT2D eigenvalue weighted by molar-refractivity contribution is -0.148. The predicted molar refractivity (Wildman–Crippen MR) is 166 cm³/mol. The van der Waals surface area contributed by atoms with Crippen LogP contribution < -0.4 is 11.1 Å². The lowest BCUT2D eigenvalue weighted by Gasteiger charge is -2.35. The van der Waals surface area contributed by atoms with Gasteiger partial charge in [0.25, 0.3) is 5.91 Å². The number of carbonyl (C=O) groups is 4. The fourth-order valence-corrected chi connectivity index (χ4v) is 5.72. The summed E-state index contributed by atoms with van der Waals surface area (Å²) in [5.74, 6) is -1.06. The highest BCUT2D eigenvalue weighted by Gasteiger charge is 2.33. The Morgan fingerprint density at radius 3 is 2.24 bits per heavy atom. The molecule has 42 heavy (non-hydrogen) atoms. The summed E-state index contributed by atoms with van der Waals surface area (Å²) in [6.07, 6.45) is 1.43. The van der Waals surface area contributed by atoms with E-state index in [1.165, 1.54) is 18.3 Å². The van der Waals surface area contributed by atoms with Crippen molar-refractivity contribution in [3.63, 3.8) is 0 Å². The maximum Gasteiger partial charge on any atom is 0.303 e. The van der Waals surface area contributed by atoms with Gasteiger partial charge in [0, 0.05) is 43.8 Å². The number of benzene rings is 1. The standard InChI is InChI=1S/C32H48N4O5S/c1-9-20(4)29(33)32(40)36(8)27(19(2)3)17-28(41-23(7)38)31-35-26(18-42-31)30(39)34-25(15-21(5)22(6)37)16-24-13-11-10-12-14-24/h10-14,18-21,25,27-29H,9,15-17,33H2,1-8H3,(H,34,39)/t20-,21-,25+,27-,28-,29-/m0/s1. The highest BCUT2D eigenvalue weighted by molar-refractivity contribution is 7.09. The zero-order valence-corrected chi connectivity index (χ0v) is 27.1. The van der Waals surface area contributed by atoms with Gasteiger partial charge < -0.3 is 20.7 Å². The second kappa shape index (κ2) is 16.5. The van der Waals surface area contributed by atoms with E-state index in [1.807, 2.05) is 65.0 Å². The van der Waals surface area contributed by atoms with E-state index in [4.69, 9.17) is 10.5 Å². The summed E-state index contributed by atoms with van der Waals surface area (Å²) in [4.78, 5) is 56.8. The molecule has 0 spiro atoms. The number of aromatic nitrogens is 1. The van der Waals surface area contributed by atoms with Gasteiger partial charge in [-0.05, 0) is 37.2 Å². The maximum atomic E-state index is 13.3. The number of nitrogens with zero attached hydrogens (tertiary/aromatic N) is 2. The average Bonchev–Trinajstić information content (AvgIpc) is 3.44. The number of Topliss-reactive ketones (excluding diaryl/α,β-unsaturated/α-hetero) is 1. The van der Waals surface area contributed by atoms with Crippen molar-refractivity contribution in [2.75, 3.05) is 7.05 Å². The summed E-state index contributed by atoms with van der Waals surface area (Å²) in [6, 6.07) is 8.63. The van der Waals surface area contributed by atoms with Gasteiger partial charge in [-0.1, -0.05) is 71.4 Å². The molecule has 1 aromatic heterocycles. The van der Waals surface area contributed by atoms with E-state index < -0.39 is 18.1 Å². The number of esters is 1. The van der Waals surface area contributed by atoms with Crippen LogP contribution in [0.3, 0.4) is 0 Å². The number of hydrogen-bond acceptors (Lipinski definition) is 8. The highest BCUT2D eigenvalue weighted by Crippen LogP contribution is 2.31. The summed E-state index contributed by atoms with van der Waals surface area (Å²) < 4.78 is 5.68. The van der Waals surface area contributed by atoms with Gasteiger partial charge in [0.05, 0.1) is 6.04 Å². The minimum absolute atomic E-state index is 0.0289. The predicted octanol–water partition coefficient (Wildman–Crippen LogP) is 4.95. The van der Waals surface area contributed by atoms with E-state index in [-0.39, 0.29) is 53.1 Å². The molecule has 9 nitrogen and oxygen atoms in total. The van der Waals surface area contributed by atoms with Gasteiger partial charge in [-0.2, -0.15) is 0 Å². The van der Waals surface area contributed by atoms with Crippen LogP contribution in [0.2, 0.25) is 0 Å². The van der Waals surface area contributed by atoms with Crippen LogP contribution in [0.25, 0.3) is 0 Å². The molecule has 1 heterocycles. The van der Waals surface area contributed by atoms with E-state index in [2.05, 4.69) is 10.3 Å². The fraction of sp³-hybridized carbons (Fsp3) is 0.594. The van der Waals surface area contributed by atoms with Crippen LogP contribution in [0.5, 0.6) is 0 Å². The Morgan fingerprint density at radius 1 is 1.05 bits per heavy atom. The van der Waals surface area contributed by atoms with Crippen LogP contribution in [-0.2, 0) is 25.5 Å². The molecule has 3 N–H and O–H groups in total. The average molecular weight is 601 g/mol. The Labute approximate surface area is 254 Å². The number of carbonyl (C=O) groups excluding carboxylic acids is 4. The highest BCUT2D eigenvalue weighted by atomic mass is 32.1. The molecule has 2 rings (SSSR count). The topological polar surface area (TPSA) is 132 Å². The zero-order chi connectivity index (χ0) is 31.6. The van der Waals surface area contributed by atoms with Crippen molar-refractivity contribution in [3.05, 3.63) is 52.0 Å². The zero-order valence-electron chi connectivity index (χ0n) is 26.3. The monoisotopic (exact) mass is 600 g/mol. The van der Waals surface area contributed by atoms with Gasteiger partial charge >= 0.3 is 5.97 Å². The van der Waals surface area contributed by atoms with Gasteiger partial charge in [-0.25, -0.2) is 4.98 Å². The van der Waals surface area contributed by atoms with Crippen molar-refractivity contribution in [2.45, 2.75) is 98.4 Å². The molecule has 2 aromatic rings. The van der Waals surface area contributed by atoms with Gasteiger partial charge in [-0.15, -0.1) is 11.3 Å². The third-order valence-electron chi connectivity index (χ3n) is 7.94. The molecule has 6 atom stereocenters. The van der Waals surface area contributed by atoms with Crippen LogP contribution in [0, 0.1) is 17.8 Å². The Kier molecular flexibility index (Phi) is 13.8. The van der Waals surface area contributed by atoms with Crippen molar-refractivity contribution in [1.82, 2.24) is 15.2 Å². The van der Waals surface area contributed by atoms with E-state index in [0.717, 1.165) is 12.0 Å². The number of likely N-dealkylation sites (N-methyl/N-ethyl adjacent to an activating group) is 1. The first-order chi connectivity index (χ1) is 19.7. The number of rotatable bonds is 16. The van der Waals surface area contributed by atoms with E-state index in [9.17, 15) is 19.2 Å². The molecule has 10 heteroatoms. The molecule has 0 unspecified atom stereocenters. The SMILES string of the molecule is CC[C@H](C)[C@H](N)C(=O)N(C)[C@@H](C[C@H](OC(C)=O)c1nc(C(=O)N[C@@H](Cc2ccccc2)C[C@H](C)C(C)=O)cs1)C(C)C. The molecule has 0 saturated heterocycles. The number of hydrogen-bond donors (Lipinski definition) is 2. The first kappa shape index (κ1) is 35.1. The first-order valence-corrected chi connectivity index (χ1v) is 15.6. The Hall–Kier alpha value is -3.11. The van der Waals surface area contributed by atoms with Crippen LogP contribution in [0.15, 0.2) is 35.7 Å². The molecule has 2 amide bonds. The first-order valence-electron chi connectivity index (χ1n) is 14.7. The smallest absolute Gasteiger partial charge is 0.303 e. The molecule has 0 fully saturated rings. The Balaban J connectivity index is 2.26. The van der Waals surface area contributed by atoms with Gasteiger partial charge in [-0.3, -0.25) is 19.2 Å². The quantitative estimate of drug-likeness (QED) is 0.261. The third-order valence-corrected chi connectivity index (χ3v) is 8.88. The molecular formula is C32H48N4O5S. The van der Waals surface area contributed by atoms with Crippen LogP contribution in [0.1, 0.15) is 94.9 Å². The van der Waals surface area contributed by atoms with Crippen molar-refractivity contribution in [1.29, 1.82) is 0 Å². The number of nitrogens with two attached hydrogens (primary N) is 1. The van der Waals surface area contributed by atoms with Gasteiger partial charge in [0.2, 0.25) is 5.91 Å². The van der Waals surface area contributed by atoms with E-state index >= 15 is 0 Å². The van der Waals surface area contributed by atoms with E-state index in [1.54, 1.807) is 24.3 Å². The van der Waals surface area contributed by atoms with Gasteiger partial charge in [0.1, 0.15) is 16.5 Å². The van der Waals surface area contributed by atoms with Crippen molar-refractivity contribution in [3.8, 4) is 0 Å². The Morgan fingerprint density at radius 2 is 1.69 bits per heavy atom. The van der Waals surface area contributed by atoms with Crippen molar-refractivity contribution >= 4 is 34.9 Å². The second-order valence-corrected chi connectivity index (χ2v) is 12.6. The fourth-order valence-electron chi connectivity index (χ4n) is 4.88. The van der Waals surface area contributed by atoms with Crippen molar-refractivity contribution < 1.29 is 23.9 Å². The number of ether oxygens (including phenoxy) is 1. The number of thiazole rings is 1. The summed E-state index contributed by atoms with van der Waals surface area (Å²) in [7, 11) is 1.73. The van der Waals surface area contributed by atoms with E-state index in [0.29, 0.717) is 24.3 Å². The molecule has 232 valence electrons. The minimum atomic E-state index is -0.741. The lowest BCUT2D eigenvalue weighted by Crippen LogP contribution is -2.51. The molecule has 0 radical (unpaired) electrons. The molecule has 0 aliphatic carbocycles. The third kappa shape index (κ3) is 10.3. The number of ketones is 1. The summed E-state index contributed by atoms with van der Waals surface area (Å²) in [6.45, 7) is 12.7. The maximum absolute atomic E-state index is 13.3. The minimum Gasteiger partial charge on any atom is -0.455 e.